The van der Waals surface area contributed by atoms with E-state index in [0.717, 1.165) is 12.8 Å². The number of hydrogen-bond donors (Lipinski definition) is 1. The van der Waals surface area contributed by atoms with Crippen molar-refractivity contribution in [3.8, 4) is 0 Å². The zero-order chi connectivity index (χ0) is 12.8. The van der Waals surface area contributed by atoms with Gasteiger partial charge in [-0.15, -0.1) is 0 Å². The first-order valence-corrected chi connectivity index (χ1v) is 6.63. The maximum Gasteiger partial charge on any atom is 0.225 e. The van der Waals surface area contributed by atoms with E-state index < -0.39 is 0 Å². The van der Waals surface area contributed by atoms with E-state index in [1.165, 1.54) is 0 Å². The van der Waals surface area contributed by atoms with Crippen molar-refractivity contribution in [3.05, 3.63) is 0 Å². The Morgan fingerprint density at radius 2 is 2.12 bits per heavy atom. The predicted molar refractivity (Wildman–Crippen MR) is 71.7 cm³/mol. The highest BCUT2D eigenvalue weighted by Crippen LogP contribution is 2.18. The largest absolute Gasteiger partial charge is 0.393 e. The zero-order valence-electron chi connectivity index (χ0n) is 10.6. The van der Waals surface area contributed by atoms with E-state index in [0.29, 0.717) is 31.3 Å². The van der Waals surface area contributed by atoms with Gasteiger partial charge in [0.2, 0.25) is 5.91 Å². The van der Waals surface area contributed by atoms with Crippen molar-refractivity contribution in [3.63, 3.8) is 0 Å². The minimum absolute atomic E-state index is 0.0775. The molecule has 1 saturated heterocycles. The molecule has 0 aromatic carbocycles. The highest BCUT2D eigenvalue weighted by molar-refractivity contribution is 7.80. The van der Waals surface area contributed by atoms with Crippen molar-refractivity contribution in [2.75, 3.05) is 26.3 Å². The van der Waals surface area contributed by atoms with Gasteiger partial charge in [-0.25, -0.2) is 0 Å². The number of nitrogens with zero attached hydrogens (tertiary/aromatic N) is 1. The average Bonchev–Trinajstić information content (AvgIpc) is 2.35. The second-order valence-corrected chi connectivity index (χ2v) is 5.04. The summed E-state index contributed by atoms with van der Waals surface area (Å²) in [5.41, 5.74) is 5.59. The lowest BCUT2D eigenvalue weighted by molar-refractivity contribution is -0.138. The number of nitrogens with two attached hydrogens (primary N) is 1. The van der Waals surface area contributed by atoms with Crippen LogP contribution in [0.1, 0.15) is 26.7 Å². The maximum atomic E-state index is 12.3. The number of hydrogen-bond acceptors (Lipinski definition) is 3. The molecule has 1 aliphatic rings. The number of thiocarbonyl (C=S) groups is 1. The topological polar surface area (TPSA) is 55.6 Å². The summed E-state index contributed by atoms with van der Waals surface area (Å²) >= 11 is 4.95. The van der Waals surface area contributed by atoms with E-state index in [4.69, 9.17) is 22.7 Å². The Hall–Kier alpha value is -0.680. The summed E-state index contributed by atoms with van der Waals surface area (Å²) in [5, 5.41) is 0. The molecule has 5 heteroatoms. The molecule has 1 heterocycles. The number of rotatable bonds is 5. The molecule has 1 amide bonds. The van der Waals surface area contributed by atoms with Gasteiger partial charge < -0.3 is 15.4 Å². The quantitative estimate of drug-likeness (QED) is 0.753. The molecule has 98 valence electrons. The predicted octanol–water partition coefficient (Wildman–Crippen LogP) is 1.18. The van der Waals surface area contributed by atoms with E-state index in [1.54, 1.807) is 0 Å². The van der Waals surface area contributed by atoms with Crippen LogP contribution < -0.4 is 5.73 Å². The van der Waals surface area contributed by atoms with E-state index in [9.17, 15) is 4.79 Å². The molecule has 0 aliphatic carbocycles. The smallest absolute Gasteiger partial charge is 0.225 e. The third kappa shape index (κ3) is 4.24. The molecule has 17 heavy (non-hydrogen) atoms. The van der Waals surface area contributed by atoms with Crippen molar-refractivity contribution in [1.82, 2.24) is 4.90 Å². The normalized spacial score (nSPS) is 18.7. The summed E-state index contributed by atoms with van der Waals surface area (Å²) < 4.78 is 5.27. The summed E-state index contributed by atoms with van der Waals surface area (Å²) in [7, 11) is 0. The fourth-order valence-electron chi connectivity index (χ4n) is 2.00. The summed E-state index contributed by atoms with van der Waals surface area (Å²) in [5.74, 6) is 0.412. The van der Waals surface area contributed by atoms with Gasteiger partial charge in [-0.2, -0.15) is 0 Å². The van der Waals surface area contributed by atoms with Crippen LogP contribution in [0.25, 0.3) is 0 Å². The molecule has 0 bridgehead atoms. The summed E-state index contributed by atoms with van der Waals surface area (Å²) in [6.45, 7) is 6.68. The molecule has 1 fully saturated rings. The number of amides is 1. The fourth-order valence-corrected chi connectivity index (χ4v) is 2.07. The summed E-state index contributed by atoms with van der Waals surface area (Å²) in [4.78, 5) is 14.6. The van der Waals surface area contributed by atoms with Crippen LogP contribution in [-0.4, -0.2) is 42.1 Å². The number of carbonyl (C=O) groups excluding carboxylic acids is 1. The Bertz CT molecular complexity index is 278. The second-order valence-electron chi connectivity index (χ2n) is 4.57. The Balaban J connectivity index is 2.53. The van der Waals surface area contributed by atoms with Crippen LogP contribution in [0.15, 0.2) is 0 Å². The van der Waals surface area contributed by atoms with E-state index in [1.807, 2.05) is 18.7 Å². The molecule has 1 atom stereocenters. The lowest BCUT2D eigenvalue weighted by Gasteiger charge is -2.30. The van der Waals surface area contributed by atoms with Gasteiger partial charge in [0.25, 0.3) is 0 Å². The van der Waals surface area contributed by atoms with Crippen molar-refractivity contribution in [2.45, 2.75) is 26.7 Å². The first-order chi connectivity index (χ1) is 8.06. The van der Waals surface area contributed by atoms with Crippen LogP contribution in [0.3, 0.4) is 0 Å². The van der Waals surface area contributed by atoms with Crippen molar-refractivity contribution < 1.29 is 9.53 Å². The molecule has 1 rings (SSSR count). The van der Waals surface area contributed by atoms with Gasteiger partial charge in [-0.1, -0.05) is 19.1 Å². The Morgan fingerprint density at radius 1 is 1.53 bits per heavy atom. The van der Waals surface area contributed by atoms with E-state index in [2.05, 4.69) is 0 Å². The van der Waals surface area contributed by atoms with Crippen molar-refractivity contribution in [2.24, 2.45) is 17.6 Å². The van der Waals surface area contributed by atoms with Crippen LogP contribution in [-0.2, 0) is 9.53 Å². The van der Waals surface area contributed by atoms with Gasteiger partial charge in [0, 0.05) is 38.1 Å². The van der Waals surface area contributed by atoms with Gasteiger partial charge in [-0.3, -0.25) is 4.79 Å². The van der Waals surface area contributed by atoms with Gasteiger partial charge in [0.15, 0.2) is 0 Å². The van der Waals surface area contributed by atoms with Crippen LogP contribution in [0, 0.1) is 11.8 Å². The van der Waals surface area contributed by atoms with E-state index in [-0.39, 0.29) is 17.7 Å². The molecule has 0 aromatic heterocycles. The molecule has 0 aromatic rings. The third-order valence-corrected chi connectivity index (χ3v) is 3.65. The minimum atomic E-state index is 0.0775. The Labute approximate surface area is 108 Å². The van der Waals surface area contributed by atoms with Crippen LogP contribution >= 0.6 is 12.2 Å². The summed E-state index contributed by atoms with van der Waals surface area (Å²) in [6.07, 6.45) is 1.66. The highest BCUT2D eigenvalue weighted by atomic mass is 32.1. The number of carbonyl (C=O) groups is 1. The lowest BCUT2D eigenvalue weighted by Crippen LogP contribution is -2.42. The lowest BCUT2D eigenvalue weighted by atomic mass is 9.98. The van der Waals surface area contributed by atoms with Crippen LogP contribution in [0.2, 0.25) is 0 Å². The van der Waals surface area contributed by atoms with Crippen LogP contribution in [0.4, 0.5) is 0 Å². The van der Waals surface area contributed by atoms with Crippen LogP contribution in [0.5, 0.6) is 0 Å². The first-order valence-electron chi connectivity index (χ1n) is 6.22. The maximum absolute atomic E-state index is 12.3. The Morgan fingerprint density at radius 3 is 2.59 bits per heavy atom. The van der Waals surface area contributed by atoms with Crippen molar-refractivity contribution in [1.29, 1.82) is 0 Å². The van der Waals surface area contributed by atoms with Crippen molar-refractivity contribution >= 4 is 23.1 Å². The average molecular weight is 258 g/mol. The molecule has 1 unspecified atom stereocenters. The molecule has 4 nitrogen and oxygen atoms in total. The molecule has 0 spiro atoms. The molecule has 2 N–H and O–H groups in total. The molecule has 0 saturated carbocycles. The fraction of sp³-hybridized carbons (Fsp3) is 0.833. The SMILES string of the molecule is CCN(CC(C)C(N)=S)C(=O)C1CCOCC1. The minimum Gasteiger partial charge on any atom is -0.393 e. The molecule has 0 radical (unpaired) electrons. The molecular formula is C12H22N2O2S. The first kappa shape index (κ1) is 14.4. The molecular weight excluding hydrogens is 236 g/mol. The van der Waals surface area contributed by atoms with E-state index >= 15 is 0 Å². The van der Waals surface area contributed by atoms with Gasteiger partial charge in [0.1, 0.15) is 0 Å². The number of ether oxygens (including phenoxy) is 1. The third-order valence-electron chi connectivity index (χ3n) is 3.24. The summed E-state index contributed by atoms with van der Waals surface area (Å²) in [6, 6.07) is 0. The van der Waals surface area contributed by atoms with Gasteiger partial charge in [-0.05, 0) is 19.8 Å². The Kier molecular flexibility index (Phi) is 5.85. The van der Waals surface area contributed by atoms with Gasteiger partial charge in [0.05, 0.1) is 4.99 Å². The highest BCUT2D eigenvalue weighted by Gasteiger charge is 2.26. The second kappa shape index (κ2) is 6.91. The zero-order valence-corrected chi connectivity index (χ0v) is 11.5. The monoisotopic (exact) mass is 258 g/mol. The molecule has 1 aliphatic heterocycles. The van der Waals surface area contributed by atoms with Gasteiger partial charge >= 0.3 is 0 Å². The standard InChI is InChI=1S/C12H22N2O2S/c1-3-14(8-9(2)11(13)17)12(15)10-4-6-16-7-5-10/h9-10H,3-8H2,1-2H3,(H2,13,17).